The lowest BCUT2D eigenvalue weighted by Crippen LogP contribution is -2.13. The van der Waals surface area contributed by atoms with Crippen LogP contribution >= 0.6 is 0 Å². The van der Waals surface area contributed by atoms with Crippen LogP contribution in [0.15, 0.2) is 185 Å². The minimum atomic E-state index is 0.854. The van der Waals surface area contributed by atoms with E-state index in [2.05, 4.69) is 157 Å². The Kier molecular flexibility index (Phi) is 6.18. The summed E-state index contributed by atoms with van der Waals surface area (Å²) in [5, 5.41) is 6.83. The summed E-state index contributed by atoms with van der Waals surface area (Å²) in [7, 11) is 0. The van der Waals surface area contributed by atoms with E-state index in [1.54, 1.807) is 0 Å². The largest absolute Gasteiger partial charge is 0.456 e. The second-order valence-electron chi connectivity index (χ2n) is 12.5. The standard InChI is InChI=1S/C46H29NO2/c1-2-15-32-30(13-1)14-11-20-34(32)35-17-4-8-22-40(35)47(41-23-12-26-44-46(41)38-19-6-10-25-43(38)48-44)39-21-7-3-16-33(39)31-27-28-37-36-18-5-9-24-42(36)49-45(37)29-31/h1-29H. The number of para-hydroxylation sites is 4. The lowest BCUT2D eigenvalue weighted by atomic mass is 9.95. The Labute approximate surface area is 282 Å². The van der Waals surface area contributed by atoms with Gasteiger partial charge in [0.25, 0.3) is 0 Å². The van der Waals surface area contributed by atoms with Crippen LogP contribution < -0.4 is 4.90 Å². The van der Waals surface area contributed by atoms with Crippen LogP contribution in [0.1, 0.15) is 0 Å². The Morgan fingerprint density at radius 3 is 1.71 bits per heavy atom. The first-order chi connectivity index (χ1) is 24.3. The molecule has 2 aromatic heterocycles. The molecule has 49 heavy (non-hydrogen) atoms. The molecule has 0 N–H and O–H groups in total. The molecular formula is C46H29NO2. The molecule has 0 spiro atoms. The van der Waals surface area contributed by atoms with Crippen LogP contribution in [0.4, 0.5) is 17.1 Å². The van der Waals surface area contributed by atoms with E-state index in [1.807, 2.05) is 24.3 Å². The van der Waals surface area contributed by atoms with Crippen LogP contribution in [0, 0.1) is 0 Å². The fraction of sp³-hybridized carbons (Fsp3) is 0. The van der Waals surface area contributed by atoms with Gasteiger partial charge in [-0.25, -0.2) is 0 Å². The molecule has 0 saturated heterocycles. The van der Waals surface area contributed by atoms with Gasteiger partial charge in [0.05, 0.1) is 22.4 Å². The first kappa shape index (κ1) is 27.5. The molecule has 0 fully saturated rings. The number of benzene rings is 8. The summed E-state index contributed by atoms with van der Waals surface area (Å²) in [6.07, 6.45) is 0. The molecule has 0 amide bonds. The molecule has 0 atom stereocenters. The lowest BCUT2D eigenvalue weighted by Gasteiger charge is -2.30. The third-order valence-electron chi connectivity index (χ3n) is 9.68. The summed E-state index contributed by atoms with van der Waals surface area (Å²) >= 11 is 0. The average Bonchev–Trinajstić information content (AvgIpc) is 3.74. The first-order valence-electron chi connectivity index (χ1n) is 16.6. The number of anilines is 3. The topological polar surface area (TPSA) is 29.5 Å². The highest BCUT2D eigenvalue weighted by molar-refractivity contribution is 6.15. The third kappa shape index (κ3) is 4.37. The van der Waals surface area contributed by atoms with Crippen LogP contribution in [0.2, 0.25) is 0 Å². The Morgan fingerprint density at radius 2 is 0.857 bits per heavy atom. The van der Waals surface area contributed by atoms with Crippen molar-refractivity contribution in [1.29, 1.82) is 0 Å². The Bertz CT molecular complexity index is 2850. The minimum absolute atomic E-state index is 0.854. The van der Waals surface area contributed by atoms with Crippen LogP contribution in [0.3, 0.4) is 0 Å². The van der Waals surface area contributed by atoms with Crippen molar-refractivity contribution in [3.05, 3.63) is 176 Å². The fourth-order valence-corrected chi connectivity index (χ4v) is 7.49. The molecule has 230 valence electrons. The molecule has 10 rings (SSSR count). The molecule has 0 radical (unpaired) electrons. The maximum atomic E-state index is 6.44. The van der Waals surface area contributed by atoms with Gasteiger partial charge < -0.3 is 13.7 Å². The van der Waals surface area contributed by atoms with Crippen molar-refractivity contribution in [2.75, 3.05) is 4.90 Å². The zero-order chi connectivity index (χ0) is 32.3. The molecule has 0 saturated carbocycles. The Hall–Kier alpha value is -6.58. The average molecular weight is 628 g/mol. The maximum Gasteiger partial charge on any atom is 0.137 e. The SMILES string of the molecule is c1ccc(N(c2ccccc2-c2cccc3ccccc23)c2cccc3oc4ccccc4c23)c(-c2ccc3c(c2)oc2ccccc23)c1. The molecule has 0 aliphatic heterocycles. The molecule has 3 nitrogen and oxygen atoms in total. The van der Waals surface area contributed by atoms with E-state index in [4.69, 9.17) is 8.83 Å². The monoisotopic (exact) mass is 627 g/mol. The quantitative estimate of drug-likeness (QED) is 0.190. The molecule has 0 aliphatic rings. The molecule has 10 aromatic rings. The molecule has 3 heteroatoms. The van der Waals surface area contributed by atoms with Gasteiger partial charge >= 0.3 is 0 Å². The van der Waals surface area contributed by atoms with Crippen LogP contribution in [-0.4, -0.2) is 0 Å². The van der Waals surface area contributed by atoms with Crippen molar-refractivity contribution in [3.63, 3.8) is 0 Å². The maximum absolute atomic E-state index is 6.44. The van der Waals surface area contributed by atoms with Gasteiger partial charge in [0.15, 0.2) is 0 Å². The van der Waals surface area contributed by atoms with E-state index < -0.39 is 0 Å². The van der Waals surface area contributed by atoms with Crippen molar-refractivity contribution in [2.24, 2.45) is 0 Å². The highest BCUT2D eigenvalue weighted by Crippen LogP contribution is 2.49. The summed E-state index contributed by atoms with van der Waals surface area (Å²) in [5.74, 6) is 0. The van der Waals surface area contributed by atoms with Gasteiger partial charge in [-0.05, 0) is 70.4 Å². The van der Waals surface area contributed by atoms with E-state index >= 15 is 0 Å². The summed E-state index contributed by atoms with van der Waals surface area (Å²) in [6, 6.07) is 62.1. The second-order valence-corrected chi connectivity index (χ2v) is 12.5. The lowest BCUT2D eigenvalue weighted by molar-refractivity contribution is 0.668. The van der Waals surface area contributed by atoms with Gasteiger partial charge in [0.1, 0.15) is 22.3 Å². The first-order valence-corrected chi connectivity index (χ1v) is 16.6. The summed E-state index contributed by atoms with van der Waals surface area (Å²) < 4.78 is 12.8. The molecule has 2 heterocycles. The van der Waals surface area contributed by atoms with Crippen LogP contribution in [0.5, 0.6) is 0 Å². The van der Waals surface area contributed by atoms with E-state index in [-0.39, 0.29) is 0 Å². The highest BCUT2D eigenvalue weighted by atomic mass is 16.3. The molecular weight excluding hydrogens is 599 g/mol. The van der Waals surface area contributed by atoms with E-state index in [1.165, 1.54) is 16.3 Å². The number of fused-ring (bicyclic) bond motifs is 7. The third-order valence-corrected chi connectivity index (χ3v) is 9.68. The van der Waals surface area contributed by atoms with E-state index in [9.17, 15) is 0 Å². The van der Waals surface area contributed by atoms with Crippen LogP contribution in [0.25, 0.3) is 76.9 Å². The van der Waals surface area contributed by atoms with Gasteiger partial charge in [0, 0.05) is 27.3 Å². The van der Waals surface area contributed by atoms with Crippen molar-refractivity contribution >= 4 is 71.7 Å². The van der Waals surface area contributed by atoms with Gasteiger partial charge in [-0.1, -0.05) is 127 Å². The number of rotatable bonds is 5. The molecule has 0 bridgehead atoms. The highest BCUT2D eigenvalue weighted by Gasteiger charge is 2.24. The van der Waals surface area contributed by atoms with E-state index in [0.717, 1.165) is 77.6 Å². The van der Waals surface area contributed by atoms with E-state index in [0.29, 0.717) is 0 Å². The predicted molar refractivity (Wildman–Crippen MR) is 204 cm³/mol. The van der Waals surface area contributed by atoms with Crippen LogP contribution in [-0.2, 0) is 0 Å². The summed E-state index contributed by atoms with van der Waals surface area (Å²) in [5.41, 5.74) is 11.2. The Balaban J connectivity index is 1.28. The second kappa shape index (κ2) is 11.0. The fourth-order valence-electron chi connectivity index (χ4n) is 7.49. The molecule has 0 aliphatic carbocycles. The van der Waals surface area contributed by atoms with Crippen molar-refractivity contribution in [2.45, 2.75) is 0 Å². The van der Waals surface area contributed by atoms with Crippen molar-refractivity contribution in [3.8, 4) is 22.3 Å². The van der Waals surface area contributed by atoms with Gasteiger partial charge in [-0.3, -0.25) is 0 Å². The molecule has 0 unspecified atom stereocenters. The number of hydrogen-bond acceptors (Lipinski definition) is 3. The number of hydrogen-bond donors (Lipinski definition) is 0. The smallest absolute Gasteiger partial charge is 0.137 e. The minimum Gasteiger partial charge on any atom is -0.456 e. The van der Waals surface area contributed by atoms with Gasteiger partial charge in [-0.2, -0.15) is 0 Å². The number of furan rings is 2. The predicted octanol–water partition coefficient (Wildman–Crippen LogP) is 13.4. The van der Waals surface area contributed by atoms with Gasteiger partial charge in [-0.15, -0.1) is 0 Å². The summed E-state index contributed by atoms with van der Waals surface area (Å²) in [4.78, 5) is 2.42. The van der Waals surface area contributed by atoms with Crippen molar-refractivity contribution < 1.29 is 8.83 Å². The Morgan fingerprint density at radius 1 is 0.327 bits per heavy atom. The number of nitrogens with zero attached hydrogens (tertiary/aromatic N) is 1. The summed E-state index contributed by atoms with van der Waals surface area (Å²) in [6.45, 7) is 0. The normalized spacial score (nSPS) is 11.7. The molecule has 8 aromatic carbocycles. The zero-order valence-corrected chi connectivity index (χ0v) is 26.5. The van der Waals surface area contributed by atoms with Gasteiger partial charge in [0.2, 0.25) is 0 Å². The van der Waals surface area contributed by atoms with Crippen molar-refractivity contribution in [1.82, 2.24) is 0 Å². The zero-order valence-electron chi connectivity index (χ0n) is 26.5.